The van der Waals surface area contributed by atoms with Crippen molar-refractivity contribution in [3.63, 3.8) is 0 Å². The molecule has 7 nitrogen and oxygen atoms in total. The molecule has 5 rings (SSSR count). The smallest absolute Gasteiger partial charge is 0.325 e. The number of rotatable bonds is 2. The van der Waals surface area contributed by atoms with Gasteiger partial charge in [-0.25, -0.2) is 9.48 Å². The number of nitrogens with zero attached hydrogens (tertiary/aromatic N) is 2. The molecule has 0 saturated carbocycles. The van der Waals surface area contributed by atoms with Crippen molar-refractivity contribution in [1.82, 2.24) is 19.7 Å². The van der Waals surface area contributed by atoms with E-state index in [4.69, 9.17) is 9.84 Å². The Morgan fingerprint density at radius 3 is 2.86 bits per heavy atom. The summed E-state index contributed by atoms with van der Waals surface area (Å²) in [5.41, 5.74) is 4.43. The van der Waals surface area contributed by atoms with E-state index in [9.17, 15) is 9.59 Å². The summed E-state index contributed by atoms with van der Waals surface area (Å²) in [7, 11) is 0. The van der Waals surface area contributed by atoms with Gasteiger partial charge < -0.3 is 9.72 Å². The van der Waals surface area contributed by atoms with Crippen LogP contribution in [0.2, 0.25) is 0 Å². The highest BCUT2D eigenvalue weighted by Gasteiger charge is 2.26. The largest absolute Gasteiger partial charge is 0.356 e. The molecule has 0 radical (unpaired) electrons. The lowest BCUT2D eigenvalue weighted by Gasteiger charge is -2.24. The third-order valence-corrected chi connectivity index (χ3v) is 6.44. The fraction of sp³-hybridized carbons (Fsp3) is 0.500. The van der Waals surface area contributed by atoms with Gasteiger partial charge in [0, 0.05) is 23.3 Å². The molecule has 1 fully saturated rings. The molecule has 3 heterocycles. The van der Waals surface area contributed by atoms with E-state index in [1.54, 1.807) is 0 Å². The van der Waals surface area contributed by atoms with E-state index in [0.29, 0.717) is 12.8 Å². The van der Waals surface area contributed by atoms with Gasteiger partial charge in [-0.3, -0.25) is 9.78 Å². The molecule has 0 spiro atoms. The Labute approximate surface area is 168 Å². The van der Waals surface area contributed by atoms with Crippen molar-refractivity contribution in [3.8, 4) is 0 Å². The topological polar surface area (TPSA) is 92.8 Å². The van der Waals surface area contributed by atoms with Crippen LogP contribution in [-0.2, 0) is 17.6 Å². The first-order valence-corrected chi connectivity index (χ1v) is 10.5. The van der Waals surface area contributed by atoms with Gasteiger partial charge in [0.25, 0.3) is 5.56 Å². The van der Waals surface area contributed by atoms with Crippen molar-refractivity contribution in [2.75, 3.05) is 6.61 Å². The van der Waals surface area contributed by atoms with Crippen LogP contribution < -0.4 is 11.2 Å². The van der Waals surface area contributed by atoms with E-state index >= 15 is 0 Å². The van der Waals surface area contributed by atoms with E-state index in [-0.39, 0.29) is 17.7 Å². The molecule has 1 aliphatic heterocycles. The van der Waals surface area contributed by atoms with Gasteiger partial charge in [-0.05, 0) is 75.0 Å². The van der Waals surface area contributed by atoms with Gasteiger partial charge in [0.05, 0.1) is 11.7 Å². The molecule has 2 atom stereocenters. The minimum Gasteiger partial charge on any atom is -0.356 e. The van der Waals surface area contributed by atoms with E-state index in [2.05, 4.69) is 29.0 Å². The lowest BCUT2D eigenvalue weighted by atomic mass is 9.86. The minimum atomic E-state index is -0.424. The summed E-state index contributed by atoms with van der Waals surface area (Å²) in [6.07, 6.45) is 8.47. The Morgan fingerprint density at radius 1 is 1.14 bits per heavy atom. The highest BCUT2D eigenvalue weighted by Crippen LogP contribution is 2.37. The average molecular weight is 394 g/mol. The third kappa shape index (κ3) is 3.23. The molecule has 1 aliphatic carbocycles. The van der Waals surface area contributed by atoms with E-state index in [1.165, 1.54) is 11.1 Å². The molecule has 2 N–H and O–H groups in total. The number of aryl methyl sites for hydroxylation is 1. The molecule has 1 aromatic carbocycles. The molecule has 3 aromatic rings. The van der Waals surface area contributed by atoms with Crippen LogP contribution in [0.4, 0.5) is 0 Å². The maximum absolute atomic E-state index is 12.2. The average Bonchev–Trinajstić information content (AvgIpc) is 3.02. The summed E-state index contributed by atoms with van der Waals surface area (Å²) in [6.45, 7) is 2.92. The second-order valence-electron chi connectivity index (χ2n) is 8.30. The molecule has 2 unspecified atom stereocenters. The lowest BCUT2D eigenvalue weighted by Crippen LogP contribution is -2.28. The van der Waals surface area contributed by atoms with Gasteiger partial charge in [0.1, 0.15) is 0 Å². The zero-order valence-electron chi connectivity index (χ0n) is 16.7. The first kappa shape index (κ1) is 18.4. The van der Waals surface area contributed by atoms with Gasteiger partial charge in [-0.1, -0.05) is 6.07 Å². The van der Waals surface area contributed by atoms with Crippen LogP contribution in [-0.4, -0.2) is 26.4 Å². The number of aromatic amines is 2. The van der Waals surface area contributed by atoms with E-state index in [0.717, 1.165) is 60.9 Å². The fourth-order valence-electron chi connectivity index (χ4n) is 5.06. The van der Waals surface area contributed by atoms with Crippen LogP contribution in [0.25, 0.3) is 10.9 Å². The molecule has 152 valence electrons. The molecular formula is C22H26N4O3. The van der Waals surface area contributed by atoms with Crippen LogP contribution in [0.3, 0.4) is 0 Å². The SMILES string of the molecule is Cc1ccc2c(cnn2C2CCCCO2)c1C1CCCc2c([nH]c(=O)[nH]c2=O)C1. The maximum Gasteiger partial charge on any atom is 0.325 e. The standard InChI is InChI=1S/C22H26N4O3/c1-13-8-9-18-16(12-23-26(18)19-7-2-3-10-29-19)20(13)14-5-4-6-15-17(11-14)24-22(28)25-21(15)27/h8-9,12,14,19H,2-7,10-11H2,1H3,(H2,24,25,27,28). The number of H-pyrrole nitrogens is 2. The normalized spacial score (nSPS) is 22.4. The van der Waals surface area contributed by atoms with E-state index in [1.807, 2.05) is 10.9 Å². The molecule has 0 bridgehead atoms. The van der Waals surface area contributed by atoms with Crippen LogP contribution in [0, 0.1) is 6.92 Å². The summed E-state index contributed by atoms with van der Waals surface area (Å²) < 4.78 is 7.98. The predicted molar refractivity (Wildman–Crippen MR) is 110 cm³/mol. The zero-order chi connectivity index (χ0) is 20.0. The second-order valence-corrected chi connectivity index (χ2v) is 8.30. The van der Waals surface area contributed by atoms with Gasteiger partial charge in [0.15, 0.2) is 6.23 Å². The summed E-state index contributed by atoms with van der Waals surface area (Å²) in [4.78, 5) is 29.3. The number of nitrogens with one attached hydrogen (secondary N) is 2. The van der Waals surface area contributed by atoms with Crippen LogP contribution in [0.1, 0.15) is 66.6 Å². The Bertz CT molecular complexity index is 1170. The molecule has 29 heavy (non-hydrogen) atoms. The molecular weight excluding hydrogens is 368 g/mol. The summed E-state index contributed by atoms with van der Waals surface area (Å²) in [6, 6.07) is 4.29. The Kier molecular flexibility index (Phi) is 4.62. The Balaban J connectivity index is 1.59. The number of ether oxygens (including phenoxy) is 1. The Hall–Kier alpha value is -2.67. The second kappa shape index (κ2) is 7.30. The van der Waals surface area contributed by atoms with Crippen molar-refractivity contribution >= 4 is 10.9 Å². The summed E-state index contributed by atoms with van der Waals surface area (Å²) in [5.74, 6) is 0.238. The summed E-state index contributed by atoms with van der Waals surface area (Å²) in [5, 5.41) is 5.84. The predicted octanol–water partition coefficient (Wildman–Crippen LogP) is 3.08. The zero-order valence-corrected chi connectivity index (χ0v) is 16.7. The first-order valence-electron chi connectivity index (χ1n) is 10.5. The van der Waals surface area contributed by atoms with Gasteiger partial charge >= 0.3 is 5.69 Å². The maximum atomic E-state index is 12.2. The van der Waals surface area contributed by atoms with Crippen molar-refractivity contribution < 1.29 is 4.74 Å². The highest BCUT2D eigenvalue weighted by molar-refractivity contribution is 5.84. The van der Waals surface area contributed by atoms with Crippen molar-refractivity contribution in [2.45, 2.75) is 64.0 Å². The fourth-order valence-corrected chi connectivity index (χ4v) is 5.06. The van der Waals surface area contributed by atoms with Crippen molar-refractivity contribution in [2.24, 2.45) is 0 Å². The number of benzene rings is 1. The molecule has 1 saturated heterocycles. The number of hydrogen-bond donors (Lipinski definition) is 2. The minimum absolute atomic E-state index is 0.00146. The van der Waals surface area contributed by atoms with Gasteiger partial charge in [-0.2, -0.15) is 5.10 Å². The quantitative estimate of drug-likeness (QED) is 0.653. The van der Waals surface area contributed by atoms with E-state index < -0.39 is 5.69 Å². The first-order chi connectivity index (χ1) is 14.1. The molecule has 2 aliphatic rings. The molecule has 0 amide bonds. The number of aromatic nitrogens is 4. The number of hydrogen-bond acceptors (Lipinski definition) is 4. The molecule has 7 heteroatoms. The van der Waals surface area contributed by atoms with Crippen molar-refractivity contribution in [3.05, 3.63) is 61.6 Å². The molecule has 2 aromatic heterocycles. The third-order valence-electron chi connectivity index (χ3n) is 6.44. The number of fused-ring (bicyclic) bond motifs is 2. The van der Waals surface area contributed by atoms with Gasteiger partial charge in [-0.15, -0.1) is 0 Å². The highest BCUT2D eigenvalue weighted by atomic mass is 16.5. The lowest BCUT2D eigenvalue weighted by molar-refractivity contribution is -0.0366. The van der Waals surface area contributed by atoms with Crippen LogP contribution >= 0.6 is 0 Å². The van der Waals surface area contributed by atoms with Gasteiger partial charge in [0.2, 0.25) is 0 Å². The summed E-state index contributed by atoms with van der Waals surface area (Å²) >= 11 is 0. The Morgan fingerprint density at radius 2 is 2.03 bits per heavy atom. The van der Waals surface area contributed by atoms with Crippen LogP contribution in [0.15, 0.2) is 27.9 Å². The monoisotopic (exact) mass is 394 g/mol. The van der Waals surface area contributed by atoms with Crippen LogP contribution in [0.5, 0.6) is 0 Å². The van der Waals surface area contributed by atoms with Crippen molar-refractivity contribution in [1.29, 1.82) is 0 Å².